The molecule has 94 valence electrons. The van der Waals surface area contributed by atoms with Crippen molar-refractivity contribution in [1.82, 2.24) is 0 Å². The largest absolute Gasteiger partial charge is 0.382 e. The van der Waals surface area contributed by atoms with Gasteiger partial charge in [0.15, 0.2) is 0 Å². The average molecular weight is 233 g/mol. The zero-order valence-corrected chi connectivity index (χ0v) is 10.9. The third kappa shape index (κ3) is 3.47. The van der Waals surface area contributed by atoms with Gasteiger partial charge in [0.25, 0.3) is 0 Å². The molecular weight excluding hydrogens is 210 g/mol. The molecule has 17 heavy (non-hydrogen) atoms. The van der Waals surface area contributed by atoms with Crippen molar-refractivity contribution < 1.29 is 4.74 Å². The lowest BCUT2D eigenvalue weighted by Crippen LogP contribution is -2.34. The molecule has 0 aromatic heterocycles. The second kappa shape index (κ2) is 6.06. The van der Waals surface area contributed by atoms with Crippen LogP contribution in [0.5, 0.6) is 0 Å². The van der Waals surface area contributed by atoms with E-state index in [4.69, 9.17) is 4.74 Å². The highest BCUT2D eigenvalue weighted by Crippen LogP contribution is 2.23. The highest BCUT2D eigenvalue weighted by atomic mass is 16.5. The van der Waals surface area contributed by atoms with E-state index in [1.165, 1.54) is 24.1 Å². The number of para-hydroxylation sites is 1. The smallest absolute Gasteiger partial charge is 0.0594 e. The molecule has 0 saturated carbocycles. The summed E-state index contributed by atoms with van der Waals surface area (Å²) in [5, 5.41) is 3.66. The van der Waals surface area contributed by atoms with Crippen molar-refractivity contribution >= 4 is 5.69 Å². The standard InChI is InChI=1S/C15H23NO/c1-3-6-14-11-13(9-10-17-14)16-15-8-5-4-7-12(15)2/h4-5,7-8,13-14,16H,3,6,9-11H2,1-2H3. The first kappa shape index (κ1) is 12.4. The molecule has 0 bridgehead atoms. The molecule has 0 aliphatic carbocycles. The van der Waals surface area contributed by atoms with Gasteiger partial charge in [0, 0.05) is 18.3 Å². The van der Waals surface area contributed by atoms with Gasteiger partial charge in [0.05, 0.1) is 6.10 Å². The Morgan fingerprint density at radius 2 is 2.18 bits per heavy atom. The lowest BCUT2D eigenvalue weighted by Gasteiger charge is -2.31. The van der Waals surface area contributed by atoms with Gasteiger partial charge in [-0.15, -0.1) is 0 Å². The SMILES string of the molecule is CCCC1CC(Nc2ccccc2C)CCO1. The first-order valence-electron chi connectivity index (χ1n) is 6.73. The Morgan fingerprint density at radius 3 is 2.94 bits per heavy atom. The molecule has 2 unspecified atom stereocenters. The van der Waals surface area contributed by atoms with Crippen LogP contribution in [0.15, 0.2) is 24.3 Å². The molecule has 1 heterocycles. The zero-order valence-electron chi connectivity index (χ0n) is 10.9. The molecule has 1 aliphatic heterocycles. The van der Waals surface area contributed by atoms with Gasteiger partial charge in [0.2, 0.25) is 0 Å². The minimum atomic E-state index is 0.454. The Hall–Kier alpha value is -1.02. The van der Waals surface area contributed by atoms with Crippen LogP contribution in [0.25, 0.3) is 0 Å². The maximum Gasteiger partial charge on any atom is 0.0594 e. The first-order chi connectivity index (χ1) is 8.29. The molecule has 2 atom stereocenters. The topological polar surface area (TPSA) is 21.3 Å². The van der Waals surface area contributed by atoms with Gasteiger partial charge < -0.3 is 10.1 Å². The van der Waals surface area contributed by atoms with Crippen LogP contribution in [0.1, 0.15) is 38.2 Å². The van der Waals surface area contributed by atoms with E-state index in [-0.39, 0.29) is 0 Å². The minimum Gasteiger partial charge on any atom is -0.382 e. The maximum atomic E-state index is 5.78. The molecule has 0 radical (unpaired) electrons. The van der Waals surface area contributed by atoms with Crippen LogP contribution in [0.3, 0.4) is 0 Å². The van der Waals surface area contributed by atoms with E-state index in [2.05, 4.69) is 43.4 Å². The number of aryl methyl sites for hydroxylation is 1. The summed E-state index contributed by atoms with van der Waals surface area (Å²) in [4.78, 5) is 0. The molecule has 2 nitrogen and oxygen atoms in total. The monoisotopic (exact) mass is 233 g/mol. The van der Waals surface area contributed by atoms with Gasteiger partial charge in [-0.2, -0.15) is 0 Å². The predicted octanol–water partition coefficient (Wildman–Crippen LogP) is 3.75. The summed E-state index contributed by atoms with van der Waals surface area (Å²) < 4.78 is 5.78. The summed E-state index contributed by atoms with van der Waals surface area (Å²) in [6.07, 6.45) is 5.11. The van der Waals surface area contributed by atoms with E-state index in [0.717, 1.165) is 19.4 Å². The number of anilines is 1. The highest BCUT2D eigenvalue weighted by molar-refractivity contribution is 5.50. The maximum absolute atomic E-state index is 5.78. The quantitative estimate of drug-likeness (QED) is 0.855. The third-order valence-electron chi connectivity index (χ3n) is 3.48. The first-order valence-corrected chi connectivity index (χ1v) is 6.73. The molecule has 1 N–H and O–H groups in total. The number of ether oxygens (including phenoxy) is 1. The summed E-state index contributed by atoms with van der Waals surface area (Å²) in [7, 11) is 0. The van der Waals surface area contributed by atoms with Crippen molar-refractivity contribution in [1.29, 1.82) is 0 Å². The van der Waals surface area contributed by atoms with Crippen LogP contribution in [-0.4, -0.2) is 18.8 Å². The molecule has 2 heteroatoms. The second-order valence-corrected chi connectivity index (χ2v) is 4.96. The van der Waals surface area contributed by atoms with E-state index in [1.54, 1.807) is 0 Å². The van der Waals surface area contributed by atoms with Crippen LogP contribution in [0, 0.1) is 6.92 Å². The van der Waals surface area contributed by atoms with Crippen LogP contribution in [-0.2, 0) is 4.74 Å². The fourth-order valence-corrected chi connectivity index (χ4v) is 2.49. The van der Waals surface area contributed by atoms with Crippen molar-refractivity contribution in [2.45, 2.75) is 51.7 Å². The molecule has 1 aromatic rings. The lowest BCUT2D eigenvalue weighted by molar-refractivity contribution is 0.00597. The van der Waals surface area contributed by atoms with Gasteiger partial charge in [0.1, 0.15) is 0 Å². The zero-order chi connectivity index (χ0) is 12.1. The van der Waals surface area contributed by atoms with E-state index in [0.29, 0.717) is 12.1 Å². The van der Waals surface area contributed by atoms with Crippen LogP contribution >= 0.6 is 0 Å². The predicted molar refractivity (Wildman–Crippen MR) is 72.5 cm³/mol. The van der Waals surface area contributed by atoms with E-state index in [1.807, 2.05) is 0 Å². The molecule has 1 saturated heterocycles. The molecule has 0 spiro atoms. The Kier molecular flexibility index (Phi) is 4.43. The van der Waals surface area contributed by atoms with Gasteiger partial charge in [-0.1, -0.05) is 31.5 Å². The number of rotatable bonds is 4. The molecule has 2 rings (SSSR count). The summed E-state index contributed by atoms with van der Waals surface area (Å²) in [6.45, 7) is 5.28. The van der Waals surface area contributed by atoms with E-state index in [9.17, 15) is 0 Å². The van der Waals surface area contributed by atoms with Crippen molar-refractivity contribution in [2.24, 2.45) is 0 Å². The Morgan fingerprint density at radius 1 is 1.35 bits per heavy atom. The summed E-state index contributed by atoms with van der Waals surface area (Å²) in [5.74, 6) is 0. The summed E-state index contributed by atoms with van der Waals surface area (Å²) >= 11 is 0. The number of hydrogen-bond acceptors (Lipinski definition) is 2. The van der Waals surface area contributed by atoms with Gasteiger partial charge in [-0.3, -0.25) is 0 Å². The van der Waals surface area contributed by atoms with Crippen LogP contribution in [0.2, 0.25) is 0 Å². The summed E-state index contributed by atoms with van der Waals surface area (Å²) in [5.41, 5.74) is 2.60. The van der Waals surface area contributed by atoms with Crippen LogP contribution < -0.4 is 5.32 Å². The van der Waals surface area contributed by atoms with Crippen molar-refractivity contribution in [3.05, 3.63) is 29.8 Å². The Bertz CT molecular complexity index is 349. The van der Waals surface area contributed by atoms with Gasteiger partial charge in [-0.05, 0) is 37.8 Å². The lowest BCUT2D eigenvalue weighted by atomic mass is 9.99. The van der Waals surface area contributed by atoms with E-state index < -0.39 is 0 Å². The number of nitrogens with one attached hydrogen (secondary N) is 1. The van der Waals surface area contributed by atoms with Gasteiger partial charge >= 0.3 is 0 Å². The molecule has 1 aliphatic rings. The number of hydrogen-bond donors (Lipinski definition) is 1. The minimum absolute atomic E-state index is 0.454. The fourth-order valence-electron chi connectivity index (χ4n) is 2.49. The average Bonchev–Trinajstić information content (AvgIpc) is 2.33. The third-order valence-corrected chi connectivity index (χ3v) is 3.48. The molecule has 1 fully saturated rings. The molecule has 0 amide bonds. The van der Waals surface area contributed by atoms with Gasteiger partial charge in [-0.25, -0.2) is 0 Å². The Labute approximate surface area is 104 Å². The second-order valence-electron chi connectivity index (χ2n) is 4.96. The Balaban J connectivity index is 1.92. The highest BCUT2D eigenvalue weighted by Gasteiger charge is 2.21. The van der Waals surface area contributed by atoms with E-state index >= 15 is 0 Å². The summed E-state index contributed by atoms with van der Waals surface area (Å²) in [6, 6.07) is 9.08. The fraction of sp³-hybridized carbons (Fsp3) is 0.600. The van der Waals surface area contributed by atoms with Crippen molar-refractivity contribution in [3.63, 3.8) is 0 Å². The molecule has 1 aromatic carbocycles. The molecular formula is C15H23NO. The normalized spacial score (nSPS) is 24.6. The van der Waals surface area contributed by atoms with Crippen LogP contribution in [0.4, 0.5) is 5.69 Å². The van der Waals surface area contributed by atoms with Crippen molar-refractivity contribution in [3.8, 4) is 0 Å². The number of benzene rings is 1. The van der Waals surface area contributed by atoms with Crippen molar-refractivity contribution in [2.75, 3.05) is 11.9 Å².